The first-order valence-corrected chi connectivity index (χ1v) is 7.84. The quantitative estimate of drug-likeness (QED) is 0.652. The molecule has 0 spiro atoms. The minimum Gasteiger partial charge on any atom is -0.198 e. The molecule has 1 unspecified atom stereocenters. The fraction of sp³-hybridized carbons (Fsp3) is 0.350. The number of benzene rings is 2. The third kappa shape index (κ3) is 4.46. The van der Waals surface area contributed by atoms with Gasteiger partial charge in [0.15, 0.2) is 0 Å². The van der Waals surface area contributed by atoms with Crippen LogP contribution in [0.25, 0.3) is 0 Å². The summed E-state index contributed by atoms with van der Waals surface area (Å²) in [6.45, 7) is 2.15. The van der Waals surface area contributed by atoms with E-state index in [4.69, 9.17) is 0 Å². The van der Waals surface area contributed by atoms with Crippen LogP contribution in [-0.2, 0) is 0 Å². The molecule has 0 aliphatic heterocycles. The standard InChI is InChI=1S/C20H23N/c1-2-9-17(16-21)14-15-20(18-10-5-3-6-11-18)19-12-7-4-8-13-19/h3-8,10-13,17,20H,2,9,14-15H2,1H3. The van der Waals surface area contributed by atoms with Crippen LogP contribution >= 0.6 is 0 Å². The van der Waals surface area contributed by atoms with Gasteiger partial charge in [0.05, 0.1) is 6.07 Å². The van der Waals surface area contributed by atoms with E-state index < -0.39 is 0 Å². The molecule has 0 radical (unpaired) electrons. The Morgan fingerprint density at radius 3 is 1.76 bits per heavy atom. The summed E-state index contributed by atoms with van der Waals surface area (Å²) < 4.78 is 0. The van der Waals surface area contributed by atoms with E-state index in [1.807, 2.05) is 0 Å². The van der Waals surface area contributed by atoms with Gasteiger partial charge in [-0.05, 0) is 30.4 Å². The number of nitrogens with zero attached hydrogens (tertiary/aromatic N) is 1. The first-order chi connectivity index (χ1) is 10.3. The van der Waals surface area contributed by atoms with Crippen LogP contribution < -0.4 is 0 Å². The van der Waals surface area contributed by atoms with Crippen molar-refractivity contribution < 1.29 is 0 Å². The van der Waals surface area contributed by atoms with E-state index in [-0.39, 0.29) is 5.92 Å². The van der Waals surface area contributed by atoms with E-state index in [2.05, 4.69) is 73.7 Å². The van der Waals surface area contributed by atoms with Crippen molar-refractivity contribution in [3.63, 3.8) is 0 Å². The maximum atomic E-state index is 9.26. The molecule has 0 aliphatic carbocycles. The smallest absolute Gasteiger partial charge is 0.0655 e. The van der Waals surface area contributed by atoms with Crippen molar-refractivity contribution in [2.45, 2.75) is 38.5 Å². The molecule has 2 rings (SSSR count). The highest BCUT2D eigenvalue weighted by molar-refractivity contribution is 5.32. The second-order valence-electron chi connectivity index (χ2n) is 5.57. The molecule has 2 aromatic carbocycles. The molecule has 1 atom stereocenters. The summed E-state index contributed by atoms with van der Waals surface area (Å²) in [6, 6.07) is 23.7. The zero-order valence-electron chi connectivity index (χ0n) is 12.7. The molecule has 0 saturated heterocycles. The van der Waals surface area contributed by atoms with Gasteiger partial charge >= 0.3 is 0 Å². The molecule has 0 fully saturated rings. The van der Waals surface area contributed by atoms with Gasteiger partial charge < -0.3 is 0 Å². The summed E-state index contributed by atoms with van der Waals surface area (Å²) in [5, 5.41) is 9.26. The molecular formula is C20H23N. The van der Waals surface area contributed by atoms with Gasteiger partial charge in [-0.2, -0.15) is 5.26 Å². The molecule has 2 aromatic rings. The molecule has 0 amide bonds. The van der Waals surface area contributed by atoms with Crippen molar-refractivity contribution >= 4 is 0 Å². The Bertz CT molecular complexity index is 514. The Morgan fingerprint density at radius 2 is 1.33 bits per heavy atom. The molecular weight excluding hydrogens is 254 g/mol. The van der Waals surface area contributed by atoms with Crippen LogP contribution in [-0.4, -0.2) is 0 Å². The summed E-state index contributed by atoms with van der Waals surface area (Å²) in [7, 11) is 0. The SMILES string of the molecule is CCCC(C#N)CCC(c1ccccc1)c1ccccc1. The van der Waals surface area contributed by atoms with Crippen LogP contribution in [0, 0.1) is 17.2 Å². The highest BCUT2D eigenvalue weighted by atomic mass is 14.3. The van der Waals surface area contributed by atoms with E-state index in [1.54, 1.807) is 0 Å². The van der Waals surface area contributed by atoms with E-state index in [1.165, 1.54) is 11.1 Å². The molecule has 0 bridgehead atoms. The molecule has 1 nitrogen and oxygen atoms in total. The third-order valence-electron chi connectivity index (χ3n) is 4.03. The van der Waals surface area contributed by atoms with Gasteiger partial charge in [0.1, 0.15) is 0 Å². The second kappa shape index (κ2) is 8.27. The molecule has 21 heavy (non-hydrogen) atoms. The van der Waals surface area contributed by atoms with Crippen LogP contribution in [0.4, 0.5) is 0 Å². The third-order valence-corrected chi connectivity index (χ3v) is 4.03. The highest BCUT2D eigenvalue weighted by Crippen LogP contribution is 2.31. The van der Waals surface area contributed by atoms with Crippen LogP contribution in [0.2, 0.25) is 0 Å². The fourth-order valence-corrected chi connectivity index (χ4v) is 2.89. The summed E-state index contributed by atoms with van der Waals surface area (Å²) in [4.78, 5) is 0. The number of hydrogen-bond acceptors (Lipinski definition) is 1. The number of nitriles is 1. The Kier molecular flexibility index (Phi) is 6.03. The monoisotopic (exact) mass is 277 g/mol. The summed E-state index contributed by atoms with van der Waals surface area (Å²) >= 11 is 0. The molecule has 1 heteroatoms. The van der Waals surface area contributed by atoms with Gasteiger partial charge in [-0.25, -0.2) is 0 Å². The lowest BCUT2D eigenvalue weighted by molar-refractivity contribution is 0.507. The Balaban J connectivity index is 2.16. The topological polar surface area (TPSA) is 23.8 Å². The lowest BCUT2D eigenvalue weighted by Gasteiger charge is -2.19. The van der Waals surface area contributed by atoms with Crippen LogP contribution in [0.15, 0.2) is 60.7 Å². The summed E-state index contributed by atoms with van der Waals surface area (Å²) in [5.41, 5.74) is 2.69. The Morgan fingerprint density at radius 1 is 0.810 bits per heavy atom. The molecule has 0 aromatic heterocycles. The van der Waals surface area contributed by atoms with E-state index in [0.29, 0.717) is 5.92 Å². The minimum absolute atomic E-state index is 0.185. The maximum Gasteiger partial charge on any atom is 0.0655 e. The molecule has 0 aliphatic rings. The molecule has 0 heterocycles. The average molecular weight is 277 g/mol. The fourth-order valence-electron chi connectivity index (χ4n) is 2.89. The first-order valence-electron chi connectivity index (χ1n) is 7.84. The van der Waals surface area contributed by atoms with Crippen molar-refractivity contribution in [1.82, 2.24) is 0 Å². The van der Waals surface area contributed by atoms with Crippen molar-refractivity contribution in [3.8, 4) is 6.07 Å². The predicted octanol–water partition coefficient (Wildman–Crippen LogP) is 5.54. The summed E-state index contributed by atoms with van der Waals surface area (Å²) in [6.07, 6.45) is 4.09. The zero-order valence-corrected chi connectivity index (χ0v) is 12.7. The number of hydrogen-bond donors (Lipinski definition) is 0. The Labute approximate surface area is 128 Å². The van der Waals surface area contributed by atoms with E-state index in [0.717, 1.165) is 25.7 Å². The molecule has 0 N–H and O–H groups in total. The normalized spacial score (nSPS) is 12.0. The second-order valence-corrected chi connectivity index (χ2v) is 5.57. The van der Waals surface area contributed by atoms with Crippen LogP contribution in [0.1, 0.15) is 49.7 Å². The van der Waals surface area contributed by atoms with Gasteiger partial charge in [0.2, 0.25) is 0 Å². The predicted molar refractivity (Wildman–Crippen MR) is 88.0 cm³/mol. The Hall–Kier alpha value is -2.07. The lowest BCUT2D eigenvalue weighted by Crippen LogP contribution is -2.05. The van der Waals surface area contributed by atoms with Gasteiger partial charge in [-0.15, -0.1) is 0 Å². The van der Waals surface area contributed by atoms with Crippen LogP contribution in [0.5, 0.6) is 0 Å². The van der Waals surface area contributed by atoms with Crippen molar-refractivity contribution in [1.29, 1.82) is 5.26 Å². The first kappa shape index (κ1) is 15.3. The molecule has 0 saturated carbocycles. The van der Waals surface area contributed by atoms with Crippen molar-refractivity contribution in [2.24, 2.45) is 5.92 Å². The summed E-state index contributed by atoms with van der Waals surface area (Å²) in [5.74, 6) is 0.574. The maximum absolute atomic E-state index is 9.26. The highest BCUT2D eigenvalue weighted by Gasteiger charge is 2.16. The molecule has 108 valence electrons. The van der Waals surface area contributed by atoms with E-state index in [9.17, 15) is 5.26 Å². The van der Waals surface area contributed by atoms with Gasteiger partial charge in [0.25, 0.3) is 0 Å². The van der Waals surface area contributed by atoms with Gasteiger partial charge in [-0.3, -0.25) is 0 Å². The zero-order chi connectivity index (χ0) is 14.9. The van der Waals surface area contributed by atoms with E-state index >= 15 is 0 Å². The number of rotatable bonds is 7. The van der Waals surface area contributed by atoms with Gasteiger partial charge in [-0.1, -0.05) is 74.0 Å². The largest absolute Gasteiger partial charge is 0.198 e. The van der Waals surface area contributed by atoms with Crippen molar-refractivity contribution in [2.75, 3.05) is 0 Å². The van der Waals surface area contributed by atoms with Gasteiger partial charge in [0, 0.05) is 11.8 Å². The van der Waals surface area contributed by atoms with Crippen molar-refractivity contribution in [3.05, 3.63) is 71.8 Å². The van der Waals surface area contributed by atoms with Crippen LogP contribution in [0.3, 0.4) is 0 Å². The average Bonchev–Trinajstić information content (AvgIpc) is 2.56. The lowest BCUT2D eigenvalue weighted by atomic mass is 9.84. The minimum atomic E-state index is 0.185.